The van der Waals surface area contributed by atoms with Crippen molar-refractivity contribution >= 4 is 5.97 Å². The third-order valence-corrected chi connectivity index (χ3v) is 2.39. The number of carbonyl (C=O) groups is 1. The lowest BCUT2D eigenvalue weighted by molar-refractivity contribution is -0.145. The Morgan fingerprint density at radius 1 is 1.13 bits per heavy atom. The maximum atomic E-state index is 12.9. The molecule has 15 heavy (non-hydrogen) atoms. The van der Waals surface area contributed by atoms with Gasteiger partial charge in [-0.2, -0.15) is 0 Å². The second-order valence-corrected chi connectivity index (χ2v) is 3.81. The number of rotatable bonds is 9. The van der Waals surface area contributed by atoms with E-state index in [4.69, 9.17) is 5.11 Å². The largest absolute Gasteiger partial charge is 0.479 e. The Balaban J connectivity index is 3.38. The van der Waals surface area contributed by atoms with Crippen LogP contribution in [0.1, 0.15) is 51.9 Å². The monoisotopic (exact) mass is 222 g/mol. The molecule has 2 nitrogen and oxygen atoms in total. The lowest BCUT2D eigenvalue weighted by Gasteiger charge is -2.09. The quantitative estimate of drug-likeness (QED) is 0.606. The van der Waals surface area contributed by atoms with Gasteiger partial charge in [0.2, 0.25) is 6.17 Å². The summed E-state index contributed by atoms with van der Waals surface area (Å²) >= 11 is 0. The van der Waals surface area contributed by atoms with E-state index in [1.165, 1.54) is 6.42 Å². The van der Waals surface area contributed by atoms with Gasteiger partial charge >= 0.3 is 5.97 Å². The molecule has 0 aromatic rings. The zero-order chi connectivity index (χ0) is 11.7. The van der Waals surface area contributed by atoms with E-state index < -0.39 is 18.3 Å². The van der Waals surface area contributed by atoms with E-state index in [9.17, 15) is 13.6 Å². The molecule has 90 valence electrons. The number of carboxylic acid groups (broad SMARTS) is 1. The Hall–Kier alpha value is -0.670. The highest BCUT2D eigenvalue weighted by atomic mass is 19.2. The molecule has 0 radical (unpaired) electrons. The van der Waals surface area contributed by atoms with Crippen LogP contribution in [0.5, 0.6) is 0 Å². The molecule has 0 saturated heterocycles. The number of hydrogen-bond donors (Lipinski definition) is 1. The van der Waals surface area contributed by atoms with E-state index in [1.54, 1.807) is 0 Å². The lowest BCUT2D eigenvalue weighted by Crippen LogP contribution is -2.26. The fourth-order valence-electron chi connectivity index (χ4n) is 1.42. The van der Waals surface area contributed by atoms with Crippen molar-refractivity contribution in [3.05, 3.63) is 0 Å². The minimum absolute atomic E-state index is 0.0135. The highest BCUT2D eigenvalue weighted by molar-refractivity contribution is 5.72. The molecule has 0 heterocycles. The molecule has 2 atom stereocenters. The van der Waals surface area contributed by atoms with Gasteiger partial charge in [-0.1, -0.05) is 45.4 Å². The van der Waals surface area contributed by atoms with E-state index in [0.29, 0.717) is 6.42 Å². The van der Waals surface area contributed by atoms with Crippen LogP contribution in [0.4, 0.5) is 8.78 Å². The van der Waals surface area contributed by atoms with Crippen LogP contribution in [0.15, 0.2) is 0 Å². The van der Waals surface area contributed by atoms with Crippen molar-refractivity contribution in [2.75, 3.05) is 0 Å². The first-order valence-corrected chi connectivity index (χ1v) is 5.60. The van der Waals surface area contributed by atoms with Gasteiger partial charge in [-0.3, -0.25) is 0 Å². The molecular formula is C11H20F2O2. The molecule has 0 aliphatic heterocycles. The van der Waals surface area contributed by atoms with Crippen LogP contribution in [0.25, 0.3) is 0 Å². The second-order valence-electron chi connectivity index (χ2n) is 3.81. The molecule has 0 aliphatic carbocycles. The fourth-order valence-corrected chi connectivity index (χ4v) is 1.42. The Labute approximate surface area is 89.7 Å². The number of unbranched alkanes of at least 4 members (excludes halogenated alkanes) is 5. The summed E-state index contributed by atoms with van der Waals surface area (Å²) in [4.78, 5) is 10.1. The number of alkyl halides is 2. The van der Waals surface area contributed by atoms with Gasteiger partial charge in [0.15, 0.2) is 0 Å². The van der Waals surface area contributed by atoms with Gasteiger partial charge in [-0.15, -0.1) is 0 Å². The number of aliphatic carboxylic acids is 1. The zero-order valence-electron chi connectivity index (χ0n) is 9.22. The molecule has 4 heteroatoms. The summed E-state index contributed by atoms with van der Waals surface area (Å²) in [6.07, 6.45) is 1.67. The van der Waals surface area contributed by atoms with Crippen molar-refractivity contribution in [3.63, 3.8) is 0 Å². The molecule has 0 aromatic heterocycles. The summed E-state index contributed by atoms with van der Waals surface area (Å²) in [5, 5.41) is 8.21. The summed E-state index contributed by atoms with van der Waals surface area (Å²) in [5.41, 5.74) is 0. The molecule has 2 unspecified atom stereocenters. The smallest absolute Gasteiger partial charge is 0.341 e. The van der Waals surface area contributed by atoms with Gasteiger partial charge in [-0.25, -0.2) is 13.6 Å². The SMILES string of the molecule is CCCCCCCCC(F)C(F)C(=O)O. The Morgan fingerprint density at radius 3 is 2.20 bits per heavy atom. The third kappa shape index (κ3) is 7.28. The summed E-state index contributed by atoms with van der Waals surface area (Å²) < 4.78 is 25.4. The molecule has 1 N–H and O–H groups in total. The standard InChI is InChI=1S/C11H20F2O2/c1-2-3-4-5-6-7-8-9(12)10(13)11(14)15/h9-10H,2-8H2,1H3,(H,14,15). The number of halogens is 2. The van der Waals surface area contributed by atoms with Gasteiger partial charge in [0.25, 0.3) is 0 Å². The topological polar surface area (TPSA) is 37.3 Å². The zero-order valence-corrected chi connectivity index (χ0v) is 9.22. The Bertz CT molecular complexity index is 174. The number of hydrogen-bond acceptors (Lipinski definition) is 1. The van der Waals surface area contributed by atoms with Crippen LogP contribution < -0.4 is 0 Å². The van der Waals surface area contributed by atoms with Gasteiger partial charge in [0, 0.05) is 0 Å². The summed E-state index contributed by atoms with van der Waals surface area (Å²) in [6, 6.07) is 0. The molecule has 0 amide bonds. The first-order valence-electron chi connectivity index (χ1n) is 5.60. The average Bonchev–Trinajstić information content (AvgIpc) is 2.21. The highest BCUT2D eigenvalue weighted by Gasteiger charge is 2.26. The molecule has 0 bridgehead atoms. The lowest BCUT2D eigenvalue weighted by atomic mass is 10.1. The van der Waals surface area contributed by atoms with Crippen LogP contribution in [0.2, 0.25) is 0 Å². The molecule has 0 spiro atoms. The van der Waals surface area contributed by atoms with Gasteiger partial charge < -0.3 is 5.11 Å². The van der Waals surface area contributed by atoms with Crippen LogP contribution in [-0.4, -0.2) is 23.4 Å². The van der Waals surface area contributed by atoms with Crippen molar-refractivity contribution in [2.45, 2.75) is 64.2 Å². The number of carboxylic acids is 1. The second kappa shape index (κ2) is 8.62. The molecular weight excluding hydrogens is 202 g/mol. The van der Waals surface area contributed by atoms with Crippen molar-refractivity contribution < 1.29 is 18.7 Å². The van der Waals surface area contributed by atoms with Gasteiger partial charge in [0.1, 0.15) is 6.17 Å². The Morgan fingerprint density at radius 2 is 1.67 bits per heavy atom. The summed E-state index contributed by atoms with van der Waals surface area (Å²) in [7, 11) is 0. The predicted molar refractivity (Wildman–Crippen MR) is 55.4 cm³/mol. The minimum Gasteiger partial charge on any atom is -0.479 e. The Kier molecular flexibility index (Phi) is 8.24. The van der Waals surface area contributed by atoms with Crippen LogP contribution in [-0.2, 0) is 4.79 Å². The molecule has 0 fully saturated rings. The van der Waals surface area contributed by atoms with Gasteiger partial charge in [-0.05, 0) is 6.42 Å². The van der Waals surface area contributed by atoms with E-state index >= 15 is 0 Å². The highest BCUT2D eigenvalue weighted by Crippen LogP contribution is 2.14. The van der Waals surface area contributed by atoms with Gasteiger partial charge in [0.05, 0.1) is 0 Å². The third-order valence-electron chi connectivity index (χ3n) is 2.39. The first kappa shape index (κ1) is 14.3. The summed E-state index contributed by atoms with van der Waals surface area (Å²) in [6.45, 7) is 2.11. The van der Waals surface area contributed by atoms with Crippen molar-refractivity contribution in [1.29, 1.82) is 0 Å². The predicted octanol–water partition coefficient (Wildman–Crippen LogP) is 3.50. The van der Waals surface area contributed by atoms with Crippen LogP contribution in [0, 0.1) is 0 Å². The average molecular weight is 222 g/mol. The molecule has 0 saturated carbocycles. The maximum Gasteiger partial charge on any atom is 0.341 e. The van der Waals surface area contributed by atoms with E-state index in [2.05, 4.69) is 6.92 Å². The van der Waals surface area contributed by atoms with Crippen LogP contribution in [0.3, 0.4) is 0 Å². The van der Waals surface area contributed by atoms with E-state index in [-0.39, 0.29) is 6.42 Å². The van der Waals surface area contributed by atoms with Crippen LogP contribution >= 0.6 is 0 Å². The normalized spacial score (nSPS) is 14.9. The maximum absolute atomic E-state index is 12.9. The summed E-state index contributed by atoms with van der Waals surface area (Å²) in [5.74, 6) is -1.70. The molecule has 0 aromatic carbocycles. The van der Waals surface area contributed by atoms with E-state index in [1.807, 2.05) is 0 Å². The fraction of sp³-hybridized carbons (Fsp3) is 0.909. The van der Waals surface area contributed by atoms with Crippen molar-refractivity contribution in [1.82, 2.24) is 0 Å². The minimum atomic E-state index is -2.36. The van der Waals surface area contributed by atoms with Crippen molar-refractivity contribution in [2.24, 2.45) is 0 Å². The first-order chi connectivity index (χ1) is 7.09. The van der Waals surface area contributed by atoms with E-state index in [0.717, 1.165) is 25.7 Å². The van der Waals surface area contributed by atoms with Crippen molar-refractivity contribution in [3.8, 4) is 0 Å². The molecule has 0 aliphatic rings. The molecule has 0 rings (SSSR count).